The molecule has 2 aliphatic rings. The molecule has 2 nitrogen and oxygen atoms in total. The zero-order valence-corrected chi connectivity index (χ0v) is 17.7. The molecule has 2 aromatic carbocycles. The van der Waals surface area contributed by atoms with Crippen LogP contribution in [-0.4, -0.2) is 42.0 Å². The molecule has 1 heterocycles. The first-order valence-electron chi connectivity index (χ1n) is 11.1. The van der Waals surface area contributed by atoms with E-state index in [9.17, 15) is 0 Å². The van der Waals surface area contributed by atoms with Crippen LogP contribution < -0.4 is 0 Å². The van der Waals surface area contributed by atoms with Crippen LogP contribution in [-0.2, 0) is 6.42 Å². The maximum absolute atomic E-state index is 6.10. The van der Waals surface area contributed by atoms with Crippen molar-refractivity contribution in [2.24, 2.45) is 0 Å². The van der Waals surface area contributed by atoms with Crippen molar-refractivity contribution in [2.75, 3.05) is 26.2 Å². The average molecular weight is 397 g/mol. The molecule has 0 aromatic heterocycles. The lowest BCUT2D eigenvalue weighted by atomic mass is 9.96. The zero-order valence-electron chi connectivity index (χ0n) is 16.9. The SMILES string of the molecule is Clc1ccc(CC(c2ccccc2)N2CCN(C3CCCCCC3)CC2)cc1. The first-order chi connectivity index (χ1) is 13.8. The second kappa shape index (κ2) is 9.91. The predicted molar refractivity (Wildman–Crippen MR) is 119 cm³/mol. The highest BCUT2D eigenvalue weighted by molar-refractivity contribution is 6.30. The maximum atomic E-state index is 6.10. The Morgan fingerprint density at radius 3 is 2.07 bits per heavy atom. The Morgan fingerprint density at radius 2 is 1.43 bits per heavy atom. The van der Waals surface area contributed by atoms with Gasteiger partial charge >= 0.3 is 0 Å². The minimum atomic E-state index is 0.443. The highest BCUT2D eigenvalue weighted by Crippen LogP contribution is 2.29. The van der Waals surface area contributed by atoms with E-state index >= 15 is 0 Å². The molecule has 2 fully saturated rings. The van der Waals surface area contributed by atoms with Gasteiger partial charge in [0.2, 0.25) is 0 Å². The van der Waals surface area contributed by atoms with Gasteiger partial charge in [0.25, 0.3) is 0 Å². The second-order valence-corrected chi connectivity index (χ2v) is 8.91. The summed E-state index contributed by atoms with van der Waals surface area (Å²) < 4.78 is 0. The van der Waals surface area contributed by atoms with Crippen molar-refractivity contribution in [3.8, 4) is 0 Å². The summed E-state index contributed by atoms with van der Waals surface area (Å²) in [5.41, 5.74) is 2.80. The van der Waals surface area contributed by atoms with Crippen molar-refractivity contribution in [3.63, 3.8) is 0 Å². The largest absolute Gasteiger partial charge is 0.298 e. The van der Waals surface area contributed by atoms with Crippen LogP contribution in [0.2, 0.25) is 5.02 Å². The molecule has 0 N–H and O–H groups in total. The topological polar surface area (TPSA) is 6.48 Å². The van der Waals surface area contributed by atoms with Gasteiger partial charge in [-0.1, -0.05) is 79.7 Å². The number of halogens is 1. The van der Waals surface area contributed by atoms with Crippen LogP contribution in [0.4, 0.5) is 0 Å². The fraction of sp³-hybridized carbons (Fsp3) is 0.520. The number of hydrogen-bond acceptors (Lipinski definition) is 2. The summed E-state index contributed by atoms with van der Waals surface area (Å²) in [6.07, 6.45) is 9.59. The molecule has 0 amide bonds. The number of nitrogens with zero attached hydrogens (tertiary/aromatic N) is 2. The molecule has 1 atom stereocenters. The Kier molecular flexibility index (Phi) is 7.06. The summed E-state index contributed by atoms with van der Waals surface area (Å²) in [4.78, 5) is 5.49. The summed E-state index contributed by atoms with van der Waals surface area (Å²) in [6.45, 7) is 4.77. The van der Waals surface area contributed by atoms with Crippen LogP contribution in [0, 0.1) is 0 Å². The number of piperazine rings is 1. The van der Waals surface area contributed by atoms with Gasteiger partial charge in [-0.15, -0.1) is 0 Å². The van der Waals surface area contributed by atoms with E-state index < -0.39 is 0 Å². The summed E-state index contributed by atoms with van der Waals surface area (Å²) >= 11 is 6.10. The standard InChI is InChI=1S/C25H33ClN2/c26-23-14-12-21(13-15-23)20-25(22-8-4-3-5-9-22)28-18-16-27(17-19-28)24-10-6-1-2-7-11-24/h3-5,8-9,12-15,24-25H,1-2,6-7,10-11,16-20H2. The zero-order chi connectivity index (χ0) is 19.2. The first kappa shape index (κ1) is 19.9. The van der Waals surface area contributed by atoms with Crippen molar-refractivity contribution >= 4 is 11.6 Å². The smallest absolute Gasteiger partial charge is 0.0406 e. The lowest BCUT2D eigenvalue weighted by Crippen LogP contribution is -2.51. The fourth-order valence-electron chi connectivity index (χ4n) is 5.01. The Morgan fingerprint density at radius 1 is 0.786 bits per heavy atom. The molecule has 0 bridgehead atoms. The lowest BCUT2D eigenvalue weighted by molar-refractivity contribution is 0.0633. The van der Waals surface area contributed by atoms with Gasteiger partial charge in [-0.2, -0.15) is 0 Å². The molecular formula is C25H33ClN2. The molecule has 28 heavy (non-hydrogen) atoms. The van der Waals surface area contributed by atoms with Crippen molar-refractivity contribution < 1.29 is 0 Å². The molecule has 1 unspecified atom stereocenters. The minimum absolute atomic E-state index is 0.443. The van der Waals surface area contributed by atoms with E-state index in [2.05, 4.69) is 52.3 Å². The Hall–Kier alpha value is -1.35. The maximum Gasteiger partial charge on any atom is 0.0406 e. The normalized spacial score (nSPS) is 21.3. The van der Waals surface area contributed by atoms with Crippen molar-refractivity contribution in [1.29, 1.82) is 0 Å². The molecule has 1 aliphatic heterocycles. The monoisotopic (exact) mass is 396 g/mol. The van der Waals surface area contributed by atoms with Gasteiger partial charge in [-0.05, 0) is 42.5 Å². The number of benzene rings is 2. The van der Waals surface area contributed by atoms with Crippen molar-refractivity contribution in [2.45, 2.75) is 57.0 Å². The fourth-order valence-corrected chi connectivity index (χ4v) is 5.14. The van der Waals surface area contributed by atoms with Gasteiger partial charge in [0.1, 0.15) is 0 Å². The van der Waals surface area contributed by atoms with Crippen LogP contribution in [0.25, 0.3) is 0 Å². The third-order valence-electron chi connectivity index (χ3n) is 6.66. The van der Waals surface area contributed by atoms with E-state index in [1.807, 2.05) is 12.1 Å². The molecule has 2 aromatic rings. The van der Waals surface area contributed by atoms with Crippen molar-refractivity contribution in [3.05, 3.63) is 70.7 Å². The molecule has 1 saturated heterocycles. The van der Waals surface area contributed by atoms with E-state index in [0.29, 0.717) is 6.04 Å². The average Bonchev–Trinajstić information content (AvgIpc) is 3.04. The summed E-state index contributed by atoms with van der Waals surface area (Å²) in [5.74, 6) is 0. The van der Waals surface area contributed by atoms with E-state index in [1.165, 1.54) is 75.8 Å². The van der Waals surface area contributed by atoms with Gasteiger partial charge in [0.15, 0.2) is 0 Å². The molecule has 3 heteroatoms. The lowest BCUT2D eigenvalue weighted by Gasteiger charge is -2.42. The van der Waals surface area contributed by atoms with Gasteiger partial charge < -0.3 is 0 Å². The van der Waals surface area contributed by atoms with E-state index in [4.69, 9.17) is 11.6 Å². The van der Waals surface area contributed by atoms with Crippen LogP contribution in [0.1, 0.15) is 55.7 Å². The second-order valence-electron chi connectivity index (χ2n) is 8.47. The van der Waals surface area contributed by atoms with Gasteiger partial charge in [0.05, 0.1) is 0 Å². The highest BCUT2D eigenvalue weighted by Gasteiger charge is 2.28. The molecule has 150 valence electrons. The van der Waals surface area contributed by atoms with Gasteiger partial charge in [0, 0.05) is 43.3 Å². The first-order valence-corrected chi connectivity index (χ1v) is 11.4. The third kappa shape index (κ3) is 5.17. The van der Waals surface area contributed by atoms with E-state index in [-0.39, 0.29) is 0 Å². The summed E-state index contributed by atoms with van der Waals surface area (Å²) in [7, 11) is 0. The number of hydrogen-bond donors (Lipinski definition) is 0. The molecule has 0 spiro atoms. The van der Waals surface area contributed by atoms with Crippen LogP contribution in [0.15, 0.2) is 54.6 Å². The molecule has 1 saturated carbocycles. The van der Waals surface area contributed by atoms with Crippen LogP contribution in [0.3, 0.4) is 0 Å². The van der Waals surface area contributed by atoms with Gasteiger partial charge in [-0.25, -0.2) is 0 Å². The van der Waals surface area contributed by atoms with Gasteiger partial charge in [-0.3, -0.25) is 9.80 Å². The van der Waals surface area contributed by atoms with Crippen LogP contribution >= 0.6 is 11.6 Å². The quantitative estimate of drug-likeness (QED) is 0.575. The van der Waals surface area contributed by atoms with E-state index in [0.717, 1.165) is 17.5 Å². The summed E-state index contributed by atoms with van der Waals surface area (Å²) in [5, 5.41) is 0.817. The van der Waals surface area contributed by atoms with Crippen LogP contribution in [0.5, 0.6) is 0 Å². The highest BCUT2D eigenvalue weighted by atomic mass is 35.5. The van der Waals surface area contributed by atoms with E-state index in [1.54, 1.807) is 0 Å². The molecule has 1 aliphatic carbocycles. The minimum Gasteiger partial charge on any atom is -0.298 e. The molecule has 0 radical (unpaired) electrons. The van der Waals surface area contributed by atoms with Crippen molar-refractivity contribution in [1.82, 2.24) is 9.80 Å². The summed E-state index contributed by atoms with van der Waals surface area (Å²) in [6, 6.07) is 20.7. The Balaban J connectivity index is 1.44. The third-order valence-corrected chi connectivity index (χ3v) is 6.91. The Bertz CT molecular complexity index is 699. The number of rotatable bonds is 5. The predicted octanol–water partition coefficient (Wildman–Crippen LogP) is 5.96. The Labute approximate surface area is 175 Å². The molecule has 4 rings (SSSR count). The molecular weight excluding hydrogens is 364 g/mol.